The molecule has 0 spiro atoms. The molecule has 1 atom stereocenters. The number of benzene rings is 1. The monoisotopic (exact) mass is 394 g/mol. The molecule has 28 heavy (non-hydrogen) atoms. The molecular weight excluding hydrogens is 368 g/mol. The number of carbonyl (C=O) groups is 4. The number of rotatable bonds is 9. The predicted molar refractivity (Wildman–Crippen MR) is 100 cm³/mol. The Hall–Kier alpha value is -3.10. The van der Waals surface area contributed by atoms with Crippen molar-refractivity contribution in [2.24, 2.45) is 5.41 Å². The Balaban J connectivity index is 2.59. The number of anilines is 1. The zero-order valence-electron chi connectivity index (χ0n) is 16.4. The summed E-state index contributed by atoms with van der Waals surface area (Å²) in [6.07, 6.45) is -1.20. The zero-order valence-corrected chi connectivity index (χ0v) is 16.4. The second-order valence-electron chi connectivity index (χ2n) is 6.89. The molecule has 2 amide bonds. The van der Waals surface area contributed by atoms with Crippen LogP contribution in [0.15, 0.2) is 24.3 Å². The molecule has 0 heterocycles. The van der Waals surface area contributed by atoms with E-state index in [0.29, 0.717) is 5.69 Å². The van der Waals surface area contributed by atoms with Gasteiger partial charge in [0.15, 0.2) is 6.10 Å². The smallest absolute Gasteiger partial charge is 0.303 e. The molecule has 154 valence electrons. The number of aromatic hydroxyl groups is 1. The van der Waals surface area contributed by atoms with E-state index in [0.717, 1.165) is 0 Å². The Bertz CT molecular complexity index is 713. The maximum atomic E-state index is 12.5. The van der Waals surface area contributed by atoms with Crippen LogP contribution in [0.2, 0.25) is 0 Å². The van der Waals surface area contributed by atoms with E-state index in [1.807, 2.05) is 0 Å². The summed E-state index contributed by atoms with van der Waals surface area (Å²) in [7, 11) is 0. The molecule has 0 aliphatic rings. The van der Waals surface area contributed by atoms with Crippen LogP contribution < -0.4 is 10.6 Å². The normalized spacial score (nSPS) is 11.9. The first-order chi connectivity index (χ1) is 13.0. The lowest BCUT2D eigenvalue weighted by molar-refractivity contribution is -0.166. The fourth-order valence-electron chi connectivity index (χ4n) is 2.26. The number of hydrogen-bond acceptors (Lipinski definition) is 7. The van der Waals surface area contributed by atoms with Crippen LogP contribution in [0, 0.1) is 5.41 Å². The second kappa shape index (κ2) is 10.3. The summed E-state index contributed by atoms with van der Waals surface area (Å²) >= 11 is 0. The quantitative estimate of drug-likeness (QED) is 0.426. The summed E-state index contributed by atoms with van der Waals surface area (Å²) < 4.78 is 10.1. The summed E-state index contributed by atoms with van der Waals surface area (Å²) in [6, 6.07) is 5.96. The van der Waals surface area contributed by atoms with E-state index in [1.54, 1.807) is 26.0 Å². The van der Waals surface area contributed by atoms with E-state index >= 15 is 0 Å². The van der Waals surface area contributed by atoms with Crippen molar-refractivity contribution in [2.45, 2.75) is 40.2 Å². The van der Waals surface area contributed by atoms with Crippen molar-refractivity contribution in [2.75, 3.05) is 18.5 Å². The Labute approximate surface area is 163 Å². The zero-order chi connectivity index (χ0) is 21.3. The number of carbonyl (C=O) groups excluding carboxylic acids is 4. The average molecular weight is 394 g/mol. The first-order valence-electron chi connectivity index (χ1n) is 8.68. The van der Waals surface area contributed by atoms with Gasteiger partial charge >= 0.3 is 11.9 Å². The van der Waals surface area contributed by atoms with Crippen molar-refractivity contribution in [1.82, 2.24) is 5.32 Å². The van der Waals surface area contributed by atoms with Gasteiger partial charge in [-0.1, -0.05) is 13.8 Å². The van der Waals surface area contributed by atoms with E-state index < -0.39 is 29.4 Å². The van der Waals surface area contributed by atoms with Gasteiger partial charge in [0.2, 0.25) is 5.91 Å². The molecule has 1 aromatic rings. The maximum Gasteiger partial charge on any atom is 0.303 e. The van der Waals surface area contributed by atoms with Gasteiger partial charge in [-0.3, -0.25) is 19.2 Å². The van der Waals surface area contributed by atoms with Crippen LogP contribution in [0.5, 0.6) is 5.75 Å². The molecule has 0 saturated heterocycles. The summed E-state index contributed by atoms with van der Waals surface area (Å²) in [5.41, 5.74) is -0.454. The molecule has 0 bridgehead atoms. The highest BCUT2D eigenvalue weighted by atomic mass is 16.6. The van der Waals surface area contributed by atoms with Crippen LogP contribution in [0.3, 0.4) is 0 Å². The summed E-state index contributed by atoms with van der Waals surface area (Å²) in [4.78, 5) is 46.8. The number of esters is 2. The van der Waals surface area contributed by atoms with Crippen LogP contribution >= 0.6 is 0 Å². The first-order valence-corrected chi connectivity index (χ1v) is 8.68. The first kappa shape index (κ1) is 22.9. The Morgan fingerprint density at radius 2 is 1.68 bits per heavy atom. The molecule has 9 heteroatoms. The third kappa shape index (κ3) is 8.07. The Morgan fingerprint density at radius 1 is 1.07 bits per heavy atom. The highest BCUT2D eigenvalue weighted by Crippen LogP contribution is 2.24. The number of phenols is 1. The summed E-state index contributed by atoms with van der Waals surface area (Å²) in [5, 5.41) is 14.4. The van der Waals surface area contributed by atoms with E-state index in [9.17, 15) is 24.3 Å². The molecule has 0 fully saturated rings. The van der Waals surface area contributed by atoms with Crippen molar-refractivity contribution in [3.63, 3.8) is 0 Å². The fraction of sp³-hybridized carbons (Fsp3) is 0.474. The number of amides is 2. The largest absolute Gasteiger partial charge is 0.508 e. The van der Waals surface area contributed by atoms with Crippen LogP contribution in [0.4, 0.5) is 5.69 Å². The molecule has 9 nitrogen and oxygen atoms in total. The van der Waals surface area contributed by atoms with Crippen molar-refractivity contribution in [3.05, 3.63) is 24.3 Å². The third-order valence-corrected chi connectivity index (χ3v) is 3.68. The van der Waals surface area contributed by atoms with Gasteiger partial charge in [-0.15, -0.1) is 0 Å². The van der Waals surface area contributed by atoms with Gasteiger partial charge in [-0.25, -0.2) is 0 Å². The summed E-state index contributed by atoms with van der Waals surface area (Å²) in [5.74, 6) is -2.01. The minimum Gasteiger partial charge on any atom is -0.508 e. The minimum atomic E-state index is -1.19. The van der Waals surface area contributed by atoms with Crippen molar-refractivity contribution >= 4 is 29.4 Å². The Morgan fingerprint density at radius 3 is 2.21 bits per heavy atom. The van der Waals surface area contributed by atoms with Crippen molar-refractivity contribution in [3.8, 4) is 5.75 Å². The van der Waals surface area contributed by atoms with E-state index in [1.165, 1.54) is 26.0 Å². The maximum absolute atomic E-state index is 12.5. The SMILES string of the molecule is CC(=O)OCC(C)(C)C(OC(C)=O)C(=O)NCCC(=O)Nc1ccc(O)cc1. The topological polar surface area (TPSA) is 131 Å². The minimum absolute atomic E-state index is 0.0101. The lowest BCUT2D eigenvalue weighted by atomic mass is 9.86. The van der Waals surface area contributed by atoms with Crippen molar-refractivity contribution < 1.29 is 33.8 Å². The Kier molecular flexibility index (Phi) is 8.43. The van der Waals surface area contributed by atoms with E-state index in [4.69, 9.17) is 9.47 Å². The van der Waals surface area contributed by atoms with Gasteiger partial charge in [-0.2, -0.15) is 0 Å². The van der Waals surface area contributed by atoms with Gasteiger partial charge in [0.25, 0.3) is 5.91 Å². The van der Waals surface area contributed by atoms with Crippen LogP contribution in [-0.2, 0) is 28.7 Å². The highest BCUT2D eigenvalue weighted by Gasteiger charge is 2.39. The molecule has 0 aromatic heterocycles. The molecule has 1 aromatic carbocycles. The van der Waals surface area contributed by atoms with Crippen LogP contribution in [0.1, 0.15) is 34.1 Å². The van der Waals surface area contributed by atoms with Crippen LogP contribution in [0.25, 0.3) is 0 Å². The molecular formula is C19H26N2O7. The summed E-state index contributed by atoms with van der Waals surface area (Å²) in [6.45, 7) is 5.57. The average Bonchev–Trinajstić information content (AvgIpc) is 2.59. The highest BCUT2D eigenvalue weighted by molar-refractivity contribution is 5.91. The third-order valence-electron chi connectivity index (χ3n) is 3.68. The standard InChI is InChI=1S/C19H26N2O7/c1-12(22)27-11-19(3,4)17(28-13(2)23)18(26)20-10-9-16(25)21-14-5-7-15(24)8-6-14/h5-8,17,24H,9-11H2,1-4H3,(H,20,26)(H,21,25). The number of hydrogen-bond donors (Lipinski definition) is 3. The van der Waals surface area contributed by atoms with E-state index in [2.05, 4.69) is 10.6 Å². The lowest BCUT2D eigenvalue weighted by Crippen LogP contribution is -2.49. The fourth-order valence-corrected chi connectivity index (χ4v) is 2.26. The van der Waals surface area contributed by atoms with Gasteiger partial charge in [0.05, 0.1) is 0 Å². The number of nitrogens with one attached hydrogen (secondary N) is 2. The van der Waals surface area contributed by atoms with Gasteiger partial charge in [0.1, 0.15) is 12.4 Å². The van der Waals surface area contributed by atoms with Gasteiger partial charge in [-0.05, 0) is 24.3 Å². The molecule has 1 rings (SSSR count). The molecule has 1 unspecified atom stereocenters. The lowest BCUT2D eigenvalue weighted by Gasteiger charge is -2.31. The molecule has 0 saturated carbocycles. The molecule has 0 aliphatic heterocycles. The van der Waals surface area contributed by atoms with Gasteiger partial charge in [0, 0.05) is 37.9 Å². The van der Waals surface area contributed by atoms with Crippen LogP contribution in [-0.4, -0.2) is 48.1 Å². The molecule has 0 radical (unpaired) electrons. The second-order valence-corrected chi connectivity index (χ2v) is 6.89. The predicted octanol–water partition coefficient (Wildman–Crippen LogP) is 1.36. The molecule has 3 N–H and O–H groups in total. The van der Waals surface area contributed by atoms with Gasteiger partial charge < -0.3 is 25.2 Å². The number of ether oxygens (including phenoxy) is 2. The number of phenolic OH excluding ortho intramolecular Hbond substituents is 1. The molecule has 0 aliphatic carbocycles. The van der Waals surface area contributed by atoms with E-state index in [-0.39, 0.29) is 31.2 Å². The van der Waals surface area contributed by atoms with Crippen molar-refractivity contribution in [1.29, 1.82) is 0 Å².